The molecule has 7 nitrogen and oxygen atoms in total. The molecule has 22 heavy (non-hydrogen) atoms. The van der Waals surface area contributed by atoms with Crippen molar-refractivity contribution in [2.75, 3.05) is 0 Å². The molecule has 2 atom stereocenters. The minimum Gasteiger partial charge on any atom is -0.481 e. The number of aliphatic carboxylic acids is 1. The minimum absolute atomic E-state index is 0.447. The molecule has 0 aliphatic heterocycles. The molecular formula is C14H26O7S. The van der Waals surface area contributed by atoms with Crippen molar-refractivity contribution in [3.05, 3.63) is 0 Å². The summed E-state index contributed by atoms with van der Waals surface area (Å²) in [6.07, 6.45) is 4.27. The summed E-state index contributed by atoms with van der Waals surface area (Å²) < 4.78 is 36.5. The molecule has 0 aliphatic carbocycles. The van der Waals surface area contributed by atoms with Crippen molar-refractivity contribution < 1.29 is 32.4 Å². The monoisotopic (exact) mass is 338 g/mol. The van der Waals surface area contributed by atoms with Gasteiger partial charge in [-0.15, -0.1) is 0 Å². The first kappa shape index (κ1) is 20.9. The summed E-state index contributed by atoms with van der Waals surface area (Å²) in [5.74, 6) is -2.68. The van der Waals surface area contributed by atoms with E-state index in [2.05, 4.69) is 0 Å². The van der Waals surface area contributed by atoms with Crippen LogP contribution >= 0.6 is 0 Å². The number of hydrogen-bond donors (Lipinski definition) is 2. The average molecular weight is 338 g/mol. The Kier molecular flexibility index (Phi) is 10.0. The molecule has 0 aliphatic rings. The van der Waals surface area contributed by atoms with Crippen LogP contribution in [0.25, 0.3) is 0 Å². The summed E-state index contributed by atoms with van der Waals surface area (Å²) in [6, 6.07) is 0. The lowest BCUT2D eigenvalue weighted by atomic mass is 10.1. The Morgan fingerprint density at radius 1 is 1.05 bits per heavy atom. The van der Waals surface area contributed by atoms with Crippen molar-refractivity contribution in [1.29, 1.82) is 0 Å². The molecule has 2 unspecified atom stereocenters. The van der Waals surface area contributed by atoms with Crippen LogP contribution in [-0.2, 0) is 24.4 Å². The van der Waals surface area contributed by atoms with E-state index in [4.69, 9.17) is 14.4 Å². The molecule has 0 saturated heterocycles. The van der Waals surface area contributed by atoms with Crippen molar-refractivity contribution in [2.24, 2.45) is 0 Å². The van der Waals surface area contributed by atoms with E-state index < -0.39 is 39.8 Å². The standard InChI is InChI=1S/C14H26O7S/c1-3-5-7-9-11(8-6-4-2)21-14(17)12(10-13(15)16)22(18,19)20/h11-12H,3-10H2,1-2H3,(H,15,16)(H,18,19,20). The number of carboxylic acid groups (broad SMARTS) is 1. The third-order valence-electron chi connectivity index (χ3n) is 3.27. The molecule has 0 radical (unpaired) electrons. The fourth-order valence-corrected chi connectivity index (χ4v) is 2.68. The minimum atomic E-state index is -4.81. The summed E-state index contributed by atoms with van der Waals surface area (Å²) in [7, 11) is -4.81. The van der Waals surface area contributed by atoms with E-state index in [1.165, 1.54) is 0 Å². The van der Waals surface area contributed by atoms with Gasteiger partial charge in [-0.05, 0) is 19.3 Å². The van der Waals surface area contributed by atoms with Gasteiger partial charge >= 0.3 is 11.9 Å². The number of unbranched alkanes of at least 4 members (excludes halogenated alkanes) is 3. The second kappa shape index (κ2) is 10.6. The quantitative estimate of drug-likeness (QED) is 0.318. The number of carbonyl (C=O) groups excluding carboxylic acids is 1. The van der Waals surface area contributed by atoms with Crippen LogP contribution in [0.5, 0.6) is 0 Å². The number of hydrogen-bond acceptors (Lipinski definition) is 5. The van der Waals surface area contributed by atoms with Gasteiger partial charge in [-0.3, -0.25) is 14.1 Å². The van der Waals surface area contributed by atoms with Crippen molar-refractivity contribution >= 4 is 22.1 Å². The number of ether oxygens (including phenoxy) is 1. The molecule has 0 aromatic rings. The van der Waals surface area contributed by atoms with Crippen LogP contribution in [-0.4, -0.2) is 41.4 Å². The third kappa shape index (κ3) is 8.99. The van der Waals surface area contributed by atoms with E-state index in [9.17, 15) is 18.0 Å². The molecule has 0 rings (SSSR count). The highest BCUT2D eigenvalue weighted by atomic mass is 32.2. The maximum atomic E-state index is 11.9. The van der Waals surface area contributed by atoms with Gasteiger partial charge in [0.15, 0.2) is 5.25 Å². The second-order valence-electron chi connectivity index (χ2n) is 5.30. The third-order valence-corrected chi connectivity index (χ3v) is 4.35. The zero-order valence-corrected chi connectivity index (χ0v) is 14.0. The molecule has 130 valence electrons. The van der Waals surface area contributed by atoms with Gasteiger partial charge in [0.1, 0.15) is 6.10 Å². The summed E-state index contributed by atoms with van der Waals surface area (Å²) >= 11 is 0. The first-order valence-corrected chi connectivity index (χ1v) is 9.11. The van der Waals surface area contributed by atoms with Gasteiger partial charge in [0.25, 0.3) is 10.1 Å². The van der Waals surface area contributed by atoms with E-state index in [1.54, 1.807) is 0 Å². The van der Waals surface area contributed by atoms with E-state index in [0.717, 1.165) is 32.1 Å². The van der Waals surface area contributed by atoms with E-state index in [0.29, 0.717) is 12.8 Å². The first-order chi connectivity index (χ1) is 10.2. The number of carbonyl (C=O) groups is 2. The van der Waals surface area contributed by atoms with Crippen LogP contribution in [0, 0.1) is 0 Å². The maximum absolute atomic E-state index is 11.9. The highest BCUT2D eigenvalue weighted by Gasteiger charge is 2.36. The van der Waals surface area contributed by atoms with Crippen LogP contribution in [0.2, 0.25) is 0 Å². The number of carboxylic acids is 1. The fourth-order valence-electron chi connectivity index (χ4n) is 2.02. The molecule has 0 fully saturated rings. The highest BCUT2D eigenvalue weighted by molar-refractivity contribution is 7.87. The van der Waals surface area contributed by atoms with Gasteiger partial charge in [0.05, 0.1) is 6.42 Å². The van der Waals surface area contributed by atoms with Crippen molar-refractivity contribution in [2.45, 2.75) is 76.6 Å². The SMILES string of the molecule is CCCCCC(CCCC)OC(=O)C(CC(=O)O)S(=O)(=O)O. The number of esters is 1. The molecule has 0 spiro atoms. The lowest BCUT2D eigenvalue weighted by molar-refractivity contribution is -0.152. The molecule has 0 aromatic heterocycles. The Labute approximate surface area is 131 Å². The van der Waals surface area contributed by atoms with Gasteiger partial charge in [-0.1, -0.05) is 39.5 Å². The zero-order valence-electron chi connectivity index (χ0n) is 13.2. The topological polar surface area (TPSA) is 118 Å². The Balaban J connectivity index is 4.82. The Hall–Kier alpha value is -1.15. The summed E-state index contributed by atoms with van der Waals surface area (Å²) in [4.78, 5) is 22.6. The largest absolute Gasteiger partial charge is 0.481 e. The number of rotatable bonds is 12. The van der Waals surface area contributed by atoms with Crippen LogP contribution in [0.3, 0.4) is 0 Å². The molecule has 2 N–H and O–H groups in total. The Morgan fingerprint density at radius 3 is 2.05 bits per heavy atom. The summed E-state index contributed by atoms with van der Waals surface area (Å²) in [5, 5.41) is 6.59. The van der Waals surface area contributed by atoms with Crippen LogP contribution < -0.4 is 0 Å². The molecular weight excluding hydrogens is 312 g/mol. The van der Waals surface area contributed by atoms with Crippen LogP contribution in [0.1, 0.15) is 65.2 Å². The predicted octanol–water partition coefficient (Wildman–Crippen LogP) is 2.40. The summed E-state index contributed by atoms with van der Waals surface area (Å²) in [6.45, 7) is 4.02. The van der Waals surface area contributed by atoms with Gasteiger partial charge < -0.3 is 9.84 Å². The lowest BCUT2D eigenvalue weighted by Gasteiger charge is -2.20. The second-order valence-corrected chi connectivity index (χ2v) is 6.90. The van der Waals surface area contributed by atoms with Crippen molar-refractivity contribution in [3.63, 3.8) is 0 Å². The summed E-state index contributed by atoms with van der Waals surface area (Å²) in [5.41, 5.74) is 0. The van der Waals surface area contributed by atoms with Crippen molar-refractivity contribution in [1.82, 2.24) is 0 Å². The maximum Gasteiger partial charge on any atom is 0.327 e. The van der Waals surface area contributed by atoms with Crippen LogP contribution in [0.15, 0.2) is 0 Å². The molecule has 0 heterocycles. The van der Waals surface area contributed by atoms with Gasteiger partial charge in [-0.25, -0.2) is 0 Å². The normalized spacial score (nSPS) is 14.3. The van der Waals surface area contributed by atoms with E-state index >= 15 is 0 Å². The fraction of sp³-hybridized carbons (Fsp3) is 0.857. The molecule has 0 saturated carbocycles. The zero-order chi connectivity index (χ0) is 17.2. The molecule has 0 aromatic carbocycles. The van der Waals surface area contributed by atoms with E-state index in [-0.39, 0.29) is 0 Å². The Bertz CT molecular complexity index is 444. The lowest BCUT2D eigenvalue weighted by Crippen LogP contribution is -2.36. The molecule has 0 amide bonds. The smallest absolute Gasteiger partial charge is 0.327 e. The Morgan fingerprint density at radius 2 is 1.59 bits per heavy atom. The molecule has 8 heteroatoms. The predicted molar refractivity (Wildman–Crippen MR) is 81.1 cm³/mol. The van der Waals surface area contributed by atoms with Gasteiger partial charge in [0.2, 0.25) is 0 Å². The first-order valence-electron chi connectivity index (χ1n) is 7.60. The highest BCUT2D eigenvalue weighted by Crippen LogP contribution is 2.17. The van der Waals surface area contributed by atoms with Crippen molar-refractivity contribution in [3.8, 4) is 0 Å². The van der Waals surface area contributed by atoms with Gasteiger partial charge in [-0.2, -0.15) is 8.42 Å². The van der Waals surface area contributed by atoms with Crippen LogP contribution in [0.4, 0.5) is 0 Å². The van der Waals surface area contributed by atoms with Gasteiger partial charge in [0, 0.05) is 0 Å². The average Bonchev–Trinajstić information content (AvgIpc) is 2.40. The molecule has 0 bridgehead atoms. The van der Waals surface area contributed by atoms with E-state index in [1.807, 2.05) is 13.8 Å².